The fraction of sp³-hybridized carbons (Fsp3) is 0.500. The minimum Gasteiger partial charge on any atom is -0.399 e. The fourth-order valence-electron chi connectivity index (χ4n) is 1.88. The van der Waals surface area contributed by atoms with E-state index in [9.17, 15) is 4.79 Å². The molecule has 1 aromatic rings. The number of carbonyl (C=O) groups excluding carboxylic acids is 1. The first-order valence-electron chi connectivity index (χ1n) is 6.40. The van der Waals surface area contributed by atoms with Crippen molar-refractivity contribution in [1.29, 1.82) is 0 Å². The predicted molar refractivity (Wildman–Crippen MR) is 78.6 cm³/mol. The highest BCUT2D eigenvalue weighted by Gasteiger charge is 2.17. The highest BCUT2D eigenvalue weighted by molar-refractivity contribution is 6.00. The van der Waals surface area contributed by atoms with Crippen LogP contribution in [0.5, 0.6) is 0 Å². The Kier molecular flexibility index (Phi) is 5.63. The van der Waals surface area contributed by atoms with Gasteiger partial charge in [-0.15, -0.1) is 0 Å². The van der Waals surface area contributed by atoms with Gasteiger partial charge in [-0.1, -0.05) is 0 Å². The van der Waals surface area contributed by atoms with Crippen molar-refractivity contribution in [3.63, 3.8) is 0 Å². The highest BCUT2D eigenvalue weighted by atomic mass is 16.5. The van der Waals surface area contributed by atoms with Gasteiger partial charge < -0.3 is 20.7 Å². The molecule has 0 aliphatic rings. The van der Waals surface area contributed by atoms with Gasteiger partial charge in [0.05, 0.1) is 17.9 Å². The number of anilines is 2. The molecule has 0 aliphatic carbocycles. The van der Waals surface area contributed by atoms with Gasteiger partial charge in [0.2, 0.25) is 0 Å². The normalized spacial score (nSPS) is 12.0. The van der Waals surface area contributed by atoms with Crippen LogP contribution in [0.15, 0.2) is 18.2 Å². The van der Waals surface area contributed by atoms with Gasteiger partial charge in [-0.25, -0.2) is 0 Å². The third-order valence-electron chi connectivity index (χ3n) is 3.05. The van der Waals surface area contributed by atoms with Gasteiger partial charge in [-0.3, -0.25) is 4.79 Å². The molecule has 3 N–H and O–H groups in total. The van der Waals surface area contributed by atoms with Gasteiger partial charge in [-0.05, 0) is 32.0 Å². The average Bonchev–Trinajstić information content (AvgIpc) is 2.38. The number of methoxy groups -OCH3 is 1. The molecule has 5 heteroatoms. The molecule has 0 spiro atoms. The maximum atomic E-state index is 12.1. The van der Waals surface area contributed by atoms with Crippen LogP contribution < -0.4 is 16.0 Å². The number of nitrogens with zero attached hydrogens (tertiary/aromatic N) is 1. The van der Waals surface area contributed by atoms with Crippen molar-refractivity contribution in [2.75, 3.05) is 37.9 Å². The largest absolute Gasteiger partial charge is 0.399 e. The number of nitrogens with two attached hydrogens (primary N) is 1. The van der Waals surface area contributed by atoms with Crippen LogP contribution in [0.4, 0.5) is 11.4 Å². The maximum Gasteiger partial charge on any atom is 0.253 e. The Morgan fingerprint density at radius 3 is 2.79 bits per heavy atom. The van der Waals surface area contributed by atoms with Crippen molar-refractivity contribution in [1.82, 2.24) is 5.32 Å². The minimum absolute atomic E-state index is 0.0889. The van der Waals surface area contributed by atoms with Crippen molar-refractivity contribution in [3.05, 3.63) is 23.8 Å². The summed E-state index contributed by atoms with van der Waals surface area (Å²) in [5.74, 6) is -0.0889. The molecule has 1 rings (SSSR count). The number of amides is 1. The van der Waals surface area contributed by atoms with E-state index in [4.69, 9.17) is 10.5 Å². The van der Waals surface area contributed by atoms with E-state index in [1.165, 1.54) is 0 Å². The predicted octanol–water partition coefficient (Wildman–Crippen LogP) is 1.49. The van der Waals surface area contributed by atoms with E-state index in [0.717, 1.165) is 5.69 Å². The zero-order valence-corrected chi connectivity index (χ0v) is 12.1. The van der Waals surface area contributed by atoms with Crippen molar-refractivity contribution < 1.29 is 9.53 Å². The van der Waals surface area contributed by atoms with E-state index in [1.807, 2.05) is 31.9 Å². The van der Waals surface area contributed by atoms with Gasteiger partial charge in [0.1, 0.15) is 0 Å². The molecule has 0 heterocycles. The van der Waals surface area contributed by atoms with E-state index in [-0.39, 0.29) is 11.9 Å². The molecule has 0 bridgehead atoms. The van der Waals surface area contributed by atoms with Crippen LogP contribution in [0, 0.1) is 0 Å². The molecule has 5 nitrogen and oxygen atoms in total. The molecular formula is C14H23N3O2. The Bertz CT molecular complexity index is 435. The molecule has 1 aromatic carbocycles. The van der Waals surface area contributed by atoms with E-state index in [0.29, 0.717) is 24.4 Å². The lowest BCUT2D eigenvalue weighted by atomic mass is 10.1. The van der Waals surface area contributed by atoms with Gasteiger partial charge in [-0.2, -0.15) is 0 Å². The monoisotopic (exact) mass is 265 g/mol. The molecule has 0 aromatic heterocycles. The summed E-state index contributed by atoms with van der Waals surface area (Å²) >= 11 is 0. The number of hydrogen-bond donors (Lipinski definition) is 2. The summed E-state index contributed by atoms with van der Waals surface area (Å²) in [6.07, 6.45) is 0. The summed E-state index contributed by atoms with van der Waals surface area (Å²) in [5, 5.41) is 2.81. The second-order valence-electron chi connectivity index (χ2n) is 4.55. The lowest BCUT2D eigenvalue weighted by molar-refractivity contribution is 0.0956. The van der Waals surface area contributed by atoms with Crippen LogP contribution in [0.1, 0.15) is 24.2 Å². The Labute approximate surface area is 114 Å². The Hall–Kier alpha value is -1.75. The quantitative estimate of drug-likeness (QED) is 0.765. The van der Waals surface area contributed by atoms with Gasteiger partial charge in [0.25, 0.3) is 5.91 Å². The van der Waals surface area contributed by atoms with Gasteiger partial charge >= 0.3 is 0 Å². The molecule has 1 amide bonds. The summed E-state index contributed by atoms with van der Waals surface area (Å²) in [7, 11) is 3.59. The summed E-state index contributed by atoms with van der Waals surface area (Å²) in [5.41, 5.74) is 7.90. The first kappa shape index (κ1) is 15.3. The molecule has 0 saturated carbocycles. The topological polar surface area (TPSA) is 67.6 Å². The summed E-state index contributed by atoms with van der Waals surface area (Å²) < 4.78 is 5.15. The SMILES string of the molecule is CCNC(=O)c1ccc(N)cc1N(C)C(C)COC. The number of hydrogen-bond acceptors (Lipinski definition) is 4. The van der Waals surface area contributed by atoms with Crippen molar-refractivity contribution in [3.8, 4) is 0 Å². The Balaban J connectivity index is 3.09. The van der Waals surface area contributed by atoms with Crippen LogP contribution in [-0.4, -0.2) is 39.3 Å². The van der Waals surface area contributed by atoms with Gasteiger partial charge in [0, 0.05) is 32.4 Å². The van der Waals surface area contributed by atoms with Crippen LogP contribution in [0.3, 0.4) is 0 Å². The number of carbonyl (C=O) groups is 1. The average molecular weight is 265 g/mol. The number of ether oxygens (including phenoxy) is 1. The number of rotatable bonds is 6. The number of nitrogen functional groups attached to an aromatic ring is 1. The molecule has 0 radical (unpaired) electrons. The number of benzene rings is 1. The van der Waals surface area contributed by atoms with Crippen molar-refractivity contribution in [2.45, 2.75) is 19.9 Å². The van der Waals surface area contributed by atoms with Crippen LogP contribution in [0.25, 0.3) is 0 Å². The Morgan fingerprint density at radius 2 is 2.21 bits per heavy atom. The van der Waals surface area contributed by atoms with Crippen molar-refractivity contribution >= 4 is 17.3 Å². The lowest BCUT2D eigenvalue weighted by Gasteiger charge is -2.28. The molecule has 0 fully saturated rings. The third-order valence-corrected chi connectivity index (χ3v) is 3.05. The molecule has 106 valence electrons. The first-order chi connectivity index (χ1) is 9.01. The third kappa shape index (κ3) is 3.86. The molecule has 0 saturated heterocycles. The maximum absolute atomic E-state index is 12.1. The van der Waals surface area contributed by atoms with E-state index < -0.39 is 0 Å². The molecular weight excluding hydrogens is 242 g/mol. The summed E-state index contributed by atoms with van der Waals surface area (Å²) in [6, 6.07) is 5.46. The van der Waals surface area contributed by atoms with Crippen LogP contribution >= 0.6 is 0 Å². The molecule has 1 unspecified atom stereocenters. The summed E-state index contributed by atoms with van der Waals surface area (Å²) in [4.78, 5) is 14.1. The molecule has 1 atom stereocenters. The van der Waals surface area contributed by atoms with Gasteiger partial charge in [0.15, 0.2) is 0 Å². The van der Waals surface area contributed by atoms with Crippen molar-refractivity contribution in [2.24, 2.45) is 0 Å². The highest BCUT2D eigenvalue weighted by Crippen LogP contribution is 2.24. The van der Waals surface area contributed by atoms with Crippen LogP contribution in [-0.2, 0) is 4.74 Å². The number of likely N-dealkylation sites (N-methyl/N-ethyl adjacent to an activating group) is 1. The van der Waals surface area contributed by atoms with E-state index in [1.54, 1.807) is 19.2 Å². The minimum atomic E-state index is -0.0889. The zero-order chi connectivity index (χ0) is 14.4. The first-order valence-corrected chi connectivity index (χ1v) is 6.40. The second-order valence-corrected chi connectivity index (χ2v) is 4.55. The number of nitrogens with one attached hydrogen (secondary N) is 1. The fourth-order valence-corrected chi connectivity index (χ4v) is 1.88. The molecule has 19 heavy (non-hydrogen) atoms. The van der Waals surface area contributed by atoms with E-state index in [2.05, 4.69) is 5.32 Å². The van der Waals surface area contributed by atoms with Crippen LogP contribution in [0.2, 0.25) is 0 Å². The molecule has 0 aliphatic heterocycles. The zero-order valence-electron chi connectivity index (χ0n) is 12.1. The standard InChI is InChI=1S/C14H23N3O2/c1-5-16-14(18)12-7-6-11(15)8-13(12)17(3)10(2)9-19-4/h6-8,10H,5,9,15H2,1-4H3,(H,16,18). The summed E-state index contributed by atoms with van der Waals surface area (Å²) in [6.45, 7) is 5.11. The van der Waals surface area contributed by atoms with E-state index >= 15 is 0 Å². The Morgan fingerprint density at radius 1 is 1.53 bits per heavy atom. The lowest BCUT2D eigenvalue weighted by Crippen LogP contribution is -2.35. The smallest absolute Gasteiger partial charge is 0.253 e. The second kappa shape index (κ2) is 6.99.